The van der Waals surface area contributed by atoms with Gasteiger partial charge in [0.15, 0.2) is 17.4 Å². The van der Waals surface area contributed by atoms with Crippen LogP contribution in [0.4, 0.5) is 0 Å². The highest BCUT2D eigenvalue weighted by Crippen LogP contribution is 2.48. The molecule has 0 amide bonds. The van der Waals surface area contributed by atoms with Crippen molar-refractivity contribution in [3.05, 3.63) is 0 Å². The molecule has 5 heteroatoms. The zero-order valence-corrected chi connectivity index (χ0v) is 11.0. The van der Waals surface area contributed by atoms with Crippen molar-refractivity contribution in [2.75, 3.05) is 6.61 Å². The van der Waals surface area contributed by atoms with Crippen LogP contribution in [0.15, 0.2) is 0 Å². The summed E-state index contributed by atoms with van der Waals surface area (Å²) < 4.78 is 29.2. The fraction of sp³-hybridized carbons (Fsp3) is 1.00. The Hall–Kier alpha value is -0.200. The van der Waals surface area contributed by atoms with Gasteiger partial charge in [-0.25, -0.2) is 0 Å². The summed E-state index contributed by atoms with van der Waals surface area (Å²) in [6.45, 7) is 10.00. The average molecular weight is 244 g/mol. The Kier molecular flexibility index (Phi) is 2.25. The van der Waals surface area contributed by atoms with Crippen LogP contribution in [0.5, 0.6) is 0 Å². The van der Waals surface area contributed by atoms with E-state index >= 15 is 0 Å². The second-order valence-electron chi connectivity index (χ2n) is 6.01. The third-order valence-corrected chi connectivity index (χ3v) is 3.44. The number of fused-ring (bicyclic) bond motifs is 3. The molecule has 0 aromatic rings. The van der Waals surface area contributed by atoms with Crippen molar-refractivity contribution in [2.24, 2.45) is 0 Å². The van der Waals surface area contributed by atoms with Crippen LogP contribution in [-0.4, -0.2) is 42.3 Å². The molecule has 3 heterocycles. The van der Waals surface area contributed by atoms with Crippen LogP contribution in [0.3, 0.4) is 0 Å². The Labute approximate surface area is 101 Å². The highest BCUT2D eigenvalue weighted by atomic mass is 16.9. The number of rotatable bonds is 0. The van der Waals surface area contributed by atoms with Gasteiger partial charge in [0.2, 0.25) is 0 Å². The van der Waals surface area contributed by atoms with E-state index in [9.17, 15) is 0 Å². The molecular formula is C12H20O5. The molecule has 0 aromatic heterocycles. The maximum Gasteiger partial charge on any atom is 0.198 e. The van der Waals surface area contributed by atoms with E-state index in [2.05, 4.69) is 0 Å². The third kappa shape index (κ3) is 1.81. The minimum atomic E-state index is -0.734. The lowest BCUT2D eigenvalue weighted by Crippen LogP contribution is -2.51. The first-order valence-electron chi connectivity index (χ1n) is 6.08. The lowest BCUT2D eigenvalue weighted by atomic mass is 10.1. The first-order chi connectivity index (χ1) is 7.71. The molecule has 0 radical (unpaired) electrons. The van der Waals surface area contributed by atoms with Crippen LogP contribution in [0.1, 0.15) is 34.6 Å². The molecule has 0 bridgehead atoms. The second-order valence-corrected chi connectivity index (χ2v) is 6.01. The Morgan fingerprint density at radius 3 is 2.29 bits per heavy atom. The third-order valence-electron chi connectivity index (χ3n) is 3.44. The zero-order valence-electron chi connectivity index (χ0n) is 11.0. The van der Waals surface area contributed by atoms with E-state index in [1.54, 1.807) is 0 Å². The zero-order chi connectivity index (χ0) is 12.5. The van der Waals surface area contributed by atoms with Crippen molar-refractivity contribution in [3.63, 3.8) is 0 Å². The van der Waals surface area contributed by atoms with E-state index < -0.39 is 17.4 Å². The molecule has 17 heavy (non-hydrogen) atoms. The van der Waals surface area contributed by atoms with Crippen LogP contribution in [0.2, 0.25) is 0 Å². The number of hydrogen-bond donors (Lipinski definition) is 0. The molecule has 0 aromatic carbocycles. The average Bonchev–Trinajstić information content (AvgIpc) is 2.51. The molecule has 3 fully saturated rings. The fourth-order valence-electron chi connectivity index (χ4n) is 2.91. The normalized spacial score (nSPS) is 51.0. The molecule has 0 aliphatic carbocycles. The van der Waals surface area contributed by atoms with Gasteiger partial charge in [0.05, 0.1) is 6.61 Å². The summed E-state index contributed by atoms with van der Waals surface area (Å²) in [5.74, 6) is -1.95. The molecule has 4 atom stereocenters. The van der Waals surface area contributed by atoms with Gasteiger partial charge in [-0.1, -0.05) is 0 Å². The van der Waals surface area contributed by atoms with E-state index in [1.165, 1.54) is 0 Å². The lowest BCUT2D eigenvalue weighted by molar-refractivity contribution is -0.326. The van der Waals surface area contributed by atoms with Crippen LogP contribution in [0, 0.1) is 0 Å². The largest absolute Gasteiger partial charge is 0.348 e. The van der Waals surface area contributed by atoms with Crippen LogP contribution in [0.25, 0.3) is 0 Å². The standard InChI is InChI=1S/C12H20O5/c1-10(2)13-6-7-8(15-10)9-12(5,14-7)17-11(3,4)16-9/h7-9H,6H2,1-5H3/t7?,8?,9-,12-/m1/s1. The van der Waals surface area contributed by atoms with Gasteiger partial charge in [-0.3, -0.25) is 0 Å². The van der Waals surface area contributed by atoms with Gasteiger partial charge in [0.25, 0.3) is 0 Å². The van der Waals surface area contributed by atoms with Crippen molar-refractivity contribution in [2.45, 2.75) is 70.3 Å². The fourth-order valence-corrected chi connectivity index (χ4v) is 2.91. The molecule has 5 nitrogen and oxygen atoms in total. The van der Waals surface area contributed by atoms with Crippen molar-refractivity contribution >= 4 is 0 Å². The predicted octanol–water partition coefficient (Wildman–Crippen LogP) is 1.40. The smallest absolute Gasteiger partial charge is 0.198 e. The van der Waals surface area contributed by atoms with Crippen molar-refractivity contribution in [3.8, 4) is 0 Å². The predicted molar refractivity (Wildman–Crippen MR) is 58.2 cm³/mol. The highest BCUT2D eigenvalue weighted by molar-refractivity contribution is 5.02. The Bertz CT molecular complexity index is 340. The number of ether oxygens (including phenoxy) is 5. The molecular weight excluding hydrogens is 224 g/mol. The topological polar surface area (TPSA) is 46.2 Å². The SMILES string of the molecule is CC1(C)OCC2O[C@]3(C)OC(C)(C)O[C@@H]3C2O1. The van der Waals surface area contributed by atoms with Crippen LogP contribution in [-0.2, 0) is 23.7 Å². The Morgan fingerprint density at radius 1 is 0.882 bits per heavy atom. The molecule has 0 spiro atoms. The van der Waals surface area contributed by atoms with Gasteiger partial charge >= 0.3 is 0 Å². The summed E-state index contributed by atoms with van der Waals surface area (Å²) in [5.41, 5.74) is 0. The van der Waals surface area contributed by atoms with Gasteiger partial charge in [0.1, 0.15) is 18.3 Å². The summed E-state index contributed by atoms with van der Waals surface area (Å²) in [6.07, 6.45) is -0.453. The van der Waals surface area contributed by atoms with Gasteiger partial charge < -0.3 is 23.7 Å². The maximum absolute atomic E-state index is 5.92. The Morgan fingerprint density at radius 2 is 1.59 bits per heavy atom. The minimum Gasteiger partial charge on any atom is -0.348 e. The lowest BCUT2D eigenvalue weighted by Gasteiger charge is -2.38. The van der Waals surface area contributed by atoms with E-state index in [0.29, 0.717) is 6.61 Å². The first-order valence-corrected chi connectivity index (χ1v) is 6.08. The van der Waals surface area contributed by atoms with Gasteiger partial charge in [-0.05, 0) is 34.6 Å². The molecule has 3 aliphatic heterocycles. The quantitative estimate of drug-likeness (QED) is 0.644. The molecule has 0 saturated carbocycles. The van der Waals surface area contributed by atoms with E-state index in [1.807, 2.05) is 34.6 Å². The minimum absolute atomic E-state index is 0.117. The van der Waals surface area contributed by atoms with Gasteiger partial charge in [-0.15, -0.1) is 0 Å². The summed E-state index contributed by atoms with van der Waals surface area (Å²) in [6, 6.07) is 0. The monoisotopic (exact) mass is 244 g/mol. The maximum atomic E-state index is 5.92. The molecule has 3 rings (SSSR count). The molecule has 3 aliphatic rings. The summed E-state index contributed by atoms with van der Waals surface area (Å²) in [7, 11) is 0. The molecule has 3 saturated heterocycles. The molecule has 98 valence electrons. The summed E-state index contributed by atoms with van der Waals surface area (Å²) in [4.78, 5) is 0. The van der Waals surface area contributed by atoms with E-state index in [-0.39, 0.29) is 18.3 Å². The van der Waals surface area contributed by atoms with Gasteiger partial charge in [-0.2, -0.15) is 0 Å². The second kappa shape index (κ2) is 3.22. The summed E-state index contributed by atoms with van der Waals surface area (Å²) in [5, 5.41) is 0. The van der Waals surface area contributed by atoms with E-state index in [4.69, 9.17) is 23.7 Å². The molecule has 2 unspecified atom stereocenters. The van der Waals surface area contributed by atoms with Crippen LogP contribution >= 0.6 is 0 Å². The Balaban J connectivity index is 1.86. The molecule has 0 N–H and O–H groups in total. The van der Waals surface area contributed by atoms with Gasteiger partial charge in [0, 0.05) is 0 Å². The number of hydrogen-bond acceptors (Lipinski definition) is 5. The van der Waals surface area contributed by atoms with Crippen LogP contribution < -0.4 is 0 Å². The van der Waals surface area contributed by atoms with Crippen molar-refractivity contribution < 1.29 is 23.7 Å². The van der Waals surface area contributed by atoms with Crippen molar-refractivity contribution in [1.29, 1.82) is 0 Å². The highest BCUT2D eigenvalue weighted by Gasteiger charge is 2.64. The summed E-state index contributed by atoms with van der Waals surface area (Å²) >= 11 is 0. The van der Waals surface area contributed by atoms with Crippen molar-refractivity contribution in [1.82, 2.24) is 0 Å². The first kappa shape index (κ1) is 11.9. The van der Waals surface area contributed by atoms with E-state index in [0.717, 1.165) is 0 Å².